The van der Waals surface area contributed by atoms with Crippen molar-refractivity contribution in [3.63, 3.8) is 0 Å². The van der Waals surface area contributed by atoms with Crippen molar-refractivity contribution in [1.29, 1.82) is 0 Å². The number of hydrogen-bond donors (Lipinski definition) is 1. The molecule has 0 bridgehead atoms. The molecule has 2 rings (SSSR count). The Hall–Kier alpha value is -1.88. The number of carbonyl (C=O) groups excluding carboxylic acids is 2. The van der Waals surface area contributed by atoms with Gasteiger partial charge in [0.1, 0.15) is 0 Å². The standard InChI is InChI=1S/C18H27N3O2/c1-13-9-14(2)11-21(10-13)12-17(22)19-16-7-5-15(6-8-16)18(23)20(3)4/h5-8,13-14H,9-12H2,1-4H3,(H,19,22). The Labute approximate surface area is 138 Å². The number of benzene rings is 1. The van der Waals surface area contributed by atoms with Crippen LogP contribution in [0.25, 0.3) is 0 Å². The summed E-state index contributed by atoms with van der Waals surface area (Å²) in [7, 11) is 3.44. The van der Waals surface area contributed by atoms with Gasteiger partial charge in [0.2, 0.25) is 5.91 Å². The summed E-state index contributed by atoms with van der Waals surface area (Å²) >= 11 is 0. The predicted molar refractivity (Wildman–Crippen MR) is 92.5 cm³/mol. The summed E-state index contributed by atoms with van der Waals surface area (Å²) < 4.78 is 0. The zero-order chi connectivity index (χ0) is 17.0. The topological polar surface area (TPSA) is 52.7 Å². The molecule has 23 heavy (non-hydrogen) atoms. The van der Waals surface area contributed by atoms with Crippen LogP contribution < -0.4 is 5.32 Å². The van der Waals surface area contributed by atoms with Crippen molar-refractivity contribution < 1.29 is 9.59 Å². The van der Waals surface area contributed by atoms with Gasteiger partial charge in [-0.2, -0.15) is 0 Å². The van der Waals surface area contributed by atoms with Gasteiger partial charge < -0.3 is 10.2 Å². The Morgan fingerprint density at radius 2 is 1.70 bits per heavy atom. The van der Waals surface area contributed by atoms with Gasteiger partial charge in [-0.25, -0.2) is 0 Å². The summed E-state index contributed by atoms with van der Waals surface area (Å²) in [5.74, 6) is 1.24. The normalized spacial score (nSPS) is 21.7. The van der Waals surface area contributed by atoms with Crippen molar-refractivity contribution in [1.82, 2.24) is 9.80 Å². The fourth-order valence-electron chi connectivity index (χ4n) is 3.28. The first-order valence-electron chi connectivity index (χ1n) is 8.19. The van der Waals surface area contributed by atoms with Crippen LogP contribution >= 0.6 is 0 Å². The molecule has 1 aliphatic rings. The van der Waals surface area contributed by atoms with E-state index in [1.807, 2.05) is 0 Å². The summed E-state index contributed by atoms with van der Waals surface area (Å²) in [5.41, 5.74) is 1.34. The Morgan fingerprint density at radius 1 is 1.13 bits per heavy atom. The maximum absolute atomic E-state index is 12.2. The van der Waals surface area contributed by atoms with E-state index in [0.717, 1.165) is 18.8 Å². The lowest BCUT2D eigenvalue weighted by Gasteiger charge is -2.34. The third kappa shape index (κ3) is 5.06. The van der Waals surface area contributed by atoms with Crippen molar-refractivity contribution >= 4 is 17.5 Å². The van der Waals surface area contributed by atoms with E-state index in [-0.39, 0.29) is 11.8 Å². The second-order valence-corrected chi connectivity index (χ2v) is 6.97. The number of anilines is 1. The predicted octanol–water partition coefficient (Wildman–Crippen LogP) is 2.30. The van der Waals surface area contributed by atoms with E-state index >= 15 is 0 Å². The van der Waals surface area contributed by atoms with Crippen molar-refractivity contribution in [3.8, 4) is 0 Å². The molecule has 0 radical (unpaired) electrons. The first-order valence-corrected chi connectivity index (χ1v) is 8.19. The van der Waals surface area contributed by atoms with Crippen LogP contribution in [0.1, 0.15) is 30.6 Å². The molecule has 1 heterocycles. The van der Waals surface area contributed by atoms with Crippen molar-refractivity contribution in [2.24, 2.45) is 11.8 Å². The molecule has 126 valence electrons. The van der Waals surface area contributed by atoms with Gasteiger partial charge in [0, 0.05) is 38.4 Å². The highest BCUT2D eigenvalue weighted by molar-refractivity contribution is 5.96. The summed E-state index contributed by atoms with van der Waals surface area (Å²) in [4.78, 5) is 27.8. The molecular weight excluding hydrogens is 290 g/mol. The largest absolute Gasteiger partial charge is 0.345 e. The number of hydrogen-bond acceptors (Lipinski definition) is 3. The smallest absolute Gasteiger partial charge is 0.253 e. The van der Waals surface area contributed by atoms with Gasteiger partial charge in [-0.05, 0) is 42.5 Å². The SMILES string of the molecule is CC1CC(C)CN(CC(=O)Nc2ccc(C(=O)N(C)C)cc2)C1. The Balaban J connectivity index is 1.89. The minimum atomic E-state index is -0.0424. The van der Waals surface area contributed by atoms with Gasteiger partial charge in [-0.1, -0.05) is 13.8 Å². The van der Waals surface area contributed by atoms with E-state index in [2.05, 4.69) is 24.1 Å². The first-order chi connectivity index (χ1) is 10.8. The number of carbonyl (C=O) groups is 2. The minimum Gasteiger partial charge on any atom is -0.345 e. The molecule has 1 fully saturated rings. The molecule has 1 aromatic carbocycles. The lowest BCUT2D eigenvalue weighted by atomic mass is 9.92. The number of rotatable bonds is 4. The van der Waals surface area contributed by atoms with E-state index in [1.54, 1.807) is 38.4 Å². The second-order valence-electron chi connectivity index (χ2n) is 6.97. The molecule has 1 aliphatic heterocycles. The Morgan fingerprint density at radius 3 is 2.22 bits per heavy atom. The third-order valence-corrected chi connectivity index (χ3v) is 4.13. The van der Waals surface area contributed by atoms with Crippen molar-refractivity contribution in [3.05, 3.63) is 29.8 Å². The molecule has 2 amide bonds. The zero-order valence-electron chi connectivity index (χ0n) is 14.5. The van der Waals surface area contributed by atoms with Crippen LogP contribution in [0, 0.1) is 11.8 Å². The summed E-state index contributed by atoms with van der Waals surface area (Å²) in [6.45, 7) is 6.86. The van der Waals surface area contributed by atoms with Gasteiger partial charge in [0.25, 0.3) is 5.91 Å². The molecule has 5 nitrogen and oxygen atoms in total. The minimum absolute atomic E-state index is 0.00186. The Kier molecular flexibility index (Phi) is 5.77. The lowest BCUT2D eigenvalue weighted by Crippen LogP contribution is -2.42. The number of nitrogens with one attached hydrogen (secondary N) is 1. The lowest BCUT2D eigenvalue weighted by molar-refractivity contribution is -0.117. The quantitative estimate of drug-likeness (QED) is 0.927. The molecular formula is C18H27N3O2. The molecule has 5 heteroatoms. The van der Waals surface area contributed by atoms with E-state index in [4.69, 9.17) is 0 Å². The fourth-order valence-corrected chi connectivity index (χ4v) is 3.28. The van der Waals surface area contributed by atoms with Crippen LogP contribution in [0.5, 0.6) is 0 Å². The number of nitrogens with zero attached hydrogens (tertiary/aromatic N) is 2. The molecule has 0 aliphatic carbocycles. The van der Waals surface area contributed by atoms with Crippen LogP contribution in [-0.4, -0.2) is 55.3 Å². The van der Waals surface area contributed by atoms with Crippen LogP contribution in [0.4, 0.5) is 5.69 Å². The average Bonchev–Trinajstić information content (AvgIpc) is 2.45. The molecule has 2 unspecified atom stereocenters. The highest BCUT2D eigenvalue weighted by atomic mass is 16.2. The zero-order valence-corrected chi connectivity index (χ0v) is 14.5. The van der Waals surface area contributed by atoms with Gasteiger partial charge in [-0.3, -0.25) is 14.5 Å². The van der Waals surface area contributed by atoms with Gasteiger partial charge in [-0.15, -0.1) is 0 Å². The summed E-state index contributed by atoms with van der Waals surface area (Å²) in [5, 5.41) is 2.91. The summed E-state index contributed by atoms with van der Waals surface area (Å²) in [6, 6.07) is 7.03. The second kappa shape index (κ2) is 7.59. The molecule has 1 saturated heterocycles. The third-order valence-electron chi connectivity index (χ3n) is 4.13. The maximum Gasteiger partial charge on any atom is 0.253 e. The fraction of sp³-hybridized carbons (Fsp3) is 0.556. The van der Waals surface area contributed by atoms with E-state index in [1.165, 1.54) is 11.3 Å². The molecule has 0 aromatic heterocycles. The maximum atomic E-state index is 12.2. The van der Waals surface area contributed by atoms with Crippen LogP contribution in [0.3, 0.4) is 0 Å². The van der Waals surface area contributed by atoms with Crippen molar-refractivity contribution in [2.45, 2.75) is 20.3 Å². The molecule has 0 saturated carbocycles. The molecule has 2 atom stereocenters. The average molecular weight is 317 g/mol. The summed E-state index contributed by atoms with van der Waals surface area (Å²) in [6.07, 6.45) is 1.24. The monoisotopic (exact) mass is 317 g/mol. The van der Waals surface area contributed by atoms with Gasteiger partial charge in [0.15, 0.2) is 0 Å². The number of piperidine rings is 1. The van der Waals surface area contributed by atoms with E-state index in [0.29, 0.717) is 23.9 Å². The molecule has 1 aromatic rings. The van der Waals surface area contributed by atoms with E-state index in [9.17, 15) is 9.59 Å². The molecule has 1 N–H and O–H groups in total. The number of likely N-dealkylation sites (tertiary alicyclic amines) is 1. The number of amides is 2. The Bertz CT molecular complexity index is 544. The highest BCUT2D eigenvalue weighted by Gasteiger charge is 2.23. The van der Waals surface area contributed by atoms with Gasteiger partial charge >= 0.3 is 0 Å². The van der Waals surface area contributed by atoms with Crippen LogP contribution in [0.15, 0.2) is 24.3 Å². The van der Waals surface area contributed by atoms with Crippen LogP contribution in [0.2, 0.25) is 0 Å². The van der Waals surface area contributed by atoms with Crippen LogP contribution in [-0.2, 0) is 4.79 Å². The highest BCUT2D eigenvalue weighted by Crippen LogP contribution is 2.20. The van der Waals surface area contributed by atoms with Gasteiger partial charge in [0.05, 0.1) is 6.54 Å². The van der Waals surface area contributed by atoms with Crippen molar-refractivity contribution in [2.75, 3.05) is 39.0 Å². The first kappa shape index (κ1) is 17.5. The van der Waals surface area contributed by atoms with E-state index < -0.39 is 0 Å². The molecule has 0 spiro atoms.